The van der Waals surface area contributed by atoms with Crippen LogP contribution in [-0.4, -0.2) is 11.1 Å². The summed E-state index contributed by atoms with van der Waals surface area (Å²) in [5, 5.41) is 9.77. The van der Waals surface area contributed by atoms with E-state index < -0.39 is 5.97 Å². The number of halogens is 1. The van der Waals surface area contributed by atoms with Crippen LogP contribution in [0.5, 0.6) is 0 Å². The van der Waals surface area contributed by atoms with Crippen LogP contribution in [0.1, 0.15) is 30.7 Å². The number of hydrogen-bond donors (Lipinski definition) is 1. The number of rotatable bonds is 4. The molecule has 18 heavy (non-hydrogen) atoms. The largest absolute Gasteiger partial charge is 0.481 e. The van der Waals surface area contributed by atoms with Crippen LogP contribution in [0.2, 0.25) is 0 Å². The molecule has 1 aromatic heterocycles. The Kier molecular flexibility index (Phi) is 2.58. The number of hydrogen-bond acceptors (Lipinski definition) is 2. The summed E-state index contributed by atoms with van der Waals surface area (Å²) in [6.07, 6.45) is 3.48. The summed E-state index contributed by atoms with van der Waals surface area (Å²) < 4.78 is 19.2. The number of aliphatic carboxylic acids is 1. The molecule has 1 aromatic carbocycles. The lowest BCUT2D eigenvalue weighted by atomic mass is 9.90. The maximum atomic E-state index is 14.0. The number of carbonyl (C=O) groups is 1. The molecule has 1 heterocycles. The Bertz CT molecular complexity index is 598. The molecule has 1 aliphatic rings. The van der Waals surface area contributed by atoms with Crippen LogP contribution in [-0.2, 0) is 4.79 Å². The van der Waals surface area contributed by atoms with Crippen molar-refractivity contribution in [2.45, 2.75) is 25.2 Å². The van der Waals surface area contributed by atoms with E-state index in [0.717, 1.165) is 18.2 Å². The third-order valence-electron chi connectivity index (χ3n) is 3.56. The van der Waals surface area contributed by atoms with Gasteiger partial charge in [-0.1, -0.05) is 0 Å². The molecule has 0 aliphatic heterocycles. The minimum absolute atomic E-state index is 0.00898. The van der Waals surface area contributed by atoms with Gasteiger partial charge in [0.25, 0.3) is 0 Å². The Morgan fingerprint density at radius 3 is 2.94 bits per heavy atom. The maximum absolute atomic E-state index is 14.0. The van der Waals surface area contributed by atoms with Crippen molar-refractivity contribution in [3.05, 3.63) is 35.8 Å². The van der Waals surface area contributed by atoms with Gasteiger partial charge in [-0.05, 0) is 36.5 Å². The average molecular weight is 248 g/mol. The van der Waals surface area contributed by atoms with Gasteiger partial charge in [0, 0.05) is 17.4 Å². The third kappa shape index (κ3) is 1.98. The summed E-state index contributed by atoms with van der Waals surface area (Å²) >= 11 is 0. The third-order valence-corrected chi connectivity index (χ3v) is 3.56. The highest BCUT2D eigenvalue weighted by Gasteiger charge is 2.35. The molecule has 0 bridgehead atoms. The van der Waals surface area contributed by atoms with Crippen molar-refractivity contribution in [2.75, 3.05) is 0 Å². The van der Waals surface area contributed by atoms with Gasteiger partial charge in [0.15, 0.2) is 0 Å². The van der Waals surface area contributed by atoms with Crippen LogP contribution in [0.15, 0.2) is 28.9 Å². The van der Waals surface area contributed by atoms with Gasteiger partial charge in [-0.2, -0.15) is 0 Å². The summed E-state index contributed by atoms with van der Waals surface area (Å²) in [4.78, 5) is 10.9. The quantitative estimate of drug-likeness (QED) is 0.900. The second kappa shape index (κ2) is 4.12. The molecule has 0 radical (unpaired) electrons. The van der Waals surface area contributed by atoms with Crippen molar-refractivity contribution in [1.29, 1.82) is 0 Å². The fraction of sp³-hybridized carbons (Fsp3) is 0.357. The van der Waals surface area contributed by atoms with E-state index >= 15 is 0 Å². The first-order valence-electron chi connectivity index (χ1n) is 6.03. The van der Waals surface area contributed by atoms with Gasteiger partial charge in [-0.25, -0.2) is 4.39 Å². The maximum Gasteiger partial charge on any atom is 0.303 e. The van der Waals surface area contributed by atoms with E-state index in [2.05, 4.69) is 0 Å². The fourth-order valence-corrected chi connectivity index (χ4v) is 2.50. The average Bonchev–Trinajstić information content (AvgIpc) is 3.05. The molecule has 2 aromatic rings. The highest BCUT2D eigenvalue weighted by atomic mass is 19.1. The predicted molar refractivity (Wildman–Crippen MR) is 63.9 cm³/mol. The van der Waals surface area contributed by atoms with Gasteiger partial charge in [0.05, 0.1) is 12.7 Å². The minimum Gasteiger partial charge on any atom is -0.481 e. The first-order chi connectivity index (χ1) is 8.65. The van der Waals surface area contributed by atoms with Crippen molar-refractivity contribution in [3.63, 3.8) is 0 Å². The normalized spacial score (nSPS) is 16.9. The molecule has 1 unspecified atom stereocenters. The summed E-state index contributed by atoms with van der Waals surface area (Å²) in [6, 6.07) is 4.84. The molecule has 0 spiro atoms. The van der Waals surface area contributed by atoms with E-state index in [1.165, 1.54) is 12.3 Å². The van der Waals surface area contributed by atoms with E-state index in [0.29, 0.717) is 17.1 Å². The first kappa shape index (κ1) is 11.3. The lowest BCUT2D eigenvalue weighted by Crippen LogP contribution is -2.10. The highest BCUT2D eigenvalue weighted by molar-refractivity contribution is 5.78. The number of fused-ring (bicyclic) bond motifs is 1. The Balaban J connectivity index is 2.04. The second-order valence-electron chi connectivity index (χ2n) is 4.87. The molecule has 4 heteroatoms. The molecule has 0 saturated heterocycles. The minimum atomic E-state index is -0.876. The van der Waals surface area contributed by atoms with Crippen molar-refractivity contribution < 1.29 is 18.7 Å². The van der Waals surface area contributed by atoms with Crippen molar-refractivity contribution in [2.24, 2.45) is 5.92 Å². The first-order valence-corrected chi connectivity index (χ1v) is 6.03. The van der Waals surface area contributed by atoms with Crippen molar-refractivity contribution >= 4 is 16.9 Å². The number of carboxylic acid groups (broad SMARTS) is 1. The van der Waals surface area contributed by atoms with Crippen LogP contribution in [0.3, 0.4) is 0 Å². The molecule has 1 atom stereocenters. The fourth-order valence-electron chi connectivity index (χ4n) is 2.50. The Morgan fingerprint density at radius 2 is 2.28 bits per heavy atom. The molecule has 94 valence electrons. The van der Waals surface area contributed by atoms with Gasteiger partial charge in [0.2, 0.25) is 0 Å². The molecule has 1 saturated carbocycles. The molecule has 3 nitrogen and oxygen atoms in total. The number of furan rings is 1. The van der Waals surface area contributed by atoms with E-state index in [4.69, 9.17) is 9.52 Å². The van der Waals surface area contributed by atoms with Gasteiger partial charge in [-0.15, -0.1) is 0 Å². The highest BCUT2D eigenvalue weighted by Crippen LogP contribution is 2.45. The topological polar surface area (TPSA) is 50.4 Å². The van der Waals surface area contributed by atoms with E-state index in [1.54, 1.807) is 12.1 Å². The molecular weight excluding hydrogens is 235 g/mol. The Morgan fingerprint density at radius 1 is 1.50 bits per heavy atom. The monoisotopic (exact) mass is 248 g/mol. The molecule has 3 rings (SSSR count). The standard InChI is InChI=1S/C14H13FO3/c15-12-7-13-9(3-4-18-13)5-11(12)10(6-14(16)17)8-1-2-8/h3-5,7-8,10H,1-2,6H2,(H,16,17). The van der Waals surface area contributed by atoms with Crippen LogP contribution in [0.4, 0.5) is 4.39 Å². The zero-order valence-corrected chi connectivity index (χ0v) is 9.73. The summed E-state index contributed by atoms with van der Waals surface area (Å²) in [5.74, 6) is -1.16. The number of carboxylic acids is 1. The molecule has 1 aliphatic carbocycles. The number of benzene rings is 1. The smallest absolute Gasteiger partial charge is 0.303 e. The Hall–Kier alpha value is -1.84. The lowest BCUT2D eigenvalue weighted by Gasteiger charge is -2.15. The molecule has 0 amide bonds. The Labute approximate surface area is 103 Å². The molecule has 1 fully saturated rings. The lowest BCUT2D eigenvalue weighted by molar-refractivity contribution is -0.137. The van der Waals surface area contributed by atoms with Crippen LogP contribution >= 0.6 is 0 Å². The predicted octanol–water partition coefficient (Wildman–Crippen LogP) is 3.54. The van der Waals surface area contributed by atoms with Gasteiger partial charge in [-0.3, -0.25) is 4.79 Å². The second-order valence-corrected chi connectivity index (χ2v) is 4.87. The SMILES string of the molecule is O=C(O)CC(c1cc2ccoc2cc1F)C1CC1. The van der Waals surface area contributed by atoms with Gasteiger partial charge >= 0.3 is 5.97 Å². The summed E-state index contributed by atoms with van der Waals surface area (Å²) in [6.45, 7) is 0. The van der Waals surface area contributed by atoms with Crippen molar-refractivity contribution in [3.8, 4) is 0 Å². The van der Waals surface area contributed by atoms with E-state index in [9.17, 15) is 9.18 Å². The van der Waals surface area contributed by atoms with Crippen LogP contribution in [0, 0.1) is 11.7 Å². The van der Waals surface area contributed by atoms with Crippen molar-refractivity contribution in [1.82, 2.24) is 0 Å². The van der Waals surface area contributed by atoms with Crippen LogP contribution in [0.25, 0.3) is 11.0 Å². The zero-order valence-electron chi connectivity index (χ0n) is 9.73. The molecule has 1 N–H and O–H groups in total. The van der Waals surface area contributed by atoms with Crippen LogP contribution < -0.4 is 0 Å². The van der Waals surface area contributed by atoms with Gasteiger partial charge < -0.3 is 9.52 Å². The summed E-state index contributed by atoms with van der Waals surface area (Å²) in [5.41, 5.74) is 1.01. The summed E-state index contributed by atoms with van der Waals surface area (Å²) in [7, 11) is 0. The van der Waals surface area contributed by atoms with Gasteiger partial charge in [0.1, 0.15) is 11.4 Å². The zero-order chi connectivity index (χ0) is 12.7. The molecular formula is C14H13FO3. The van der Waals surface area contributed by atoms with E-state index in [-0.39, 0.29) is 18.2 Å². The van der Waals surface area contributed by atoms with E-state index in [1.807, 2.05) is 0 Å².